The van der Waals surface area contributed by atoms with E-state index in [0.29, 0.717) is 24.3 Å². The van der Waals surface area contributed by atoms with Crippen molar-refractivity contribution >= 4 is 11.9 Å². The van der Waals surface area contributed by atoms with Crippen molar-refractivity contribution < 1.29 is 19.1 Å². The molecule has 0 aliphatic rings. The Morgan fingerprint density at radius 2 is 1.61 bits per heavy atom. The molecule has 0 spiro atoms. The maximum atomic E-state index is 11.3. The average Bonchev–Trinajstić information content (AvgIpc) is 2.38. The molecule has 0 fully saturated rings. The van der Waals surface area contributed by atoms with Gasteiger partial charge in [-0.15, -0.1) is 0 Å². The molecule has 0 radical (unpaired) electrons. The molecule has 18 heavy (non-hydrogen) atoms. The molecular formula is C14H18O4. The fourth-order valence-electron chi connectivity index (χ4n) is 1.38. The first kappa shape index (κ1) is 14.2. The molecule has 0 atom stereocenters. The second-order valence-electron chi connectivity index (χ2n) is 3.78. The largest absolute Gasteiger partial charge is 0.426 e. The fraction of sp³-hybridized carbons (Fsp3) is 0.429. The van der Waals surface area contributed by atoms with Gasteiger partial charge in [-0.2, -0.15) is 0 Å². The third kappa shape index (κ3) is 3.87. The summed E-state index contributed by atoms with van der Waals surface area (Å²) in [5, 5.41) is 0. The van der Waals surface area contributed by atoms with Crippen LogP contribution in [0.5, 0.6) is 11.5 Å². The summed E-state index contributed by atoms with van der Waals surface area (Å²) in [6.45, 7) is 5.42. The molecule has 0 heterocycles. The maximum Gasteiger partial charge on any atom is 0.310 e. The van der Waals surface area contributed by atoms with Crippen LogP contribution in [0.4, 0.5) is 0 Å². The van der Waals surface area contributed by atoms with Gasteiger partial charge in [0.05, 0.1) is 0 Å². The molecule has 98 valence electrons. The molecule has 0 aliphatic heterocycles. The van der Waals surface area contributed by atoms with Crippen LogP contribution in [-0.2, 0) is 16.0 Å². The molecule has 1 aromatic rings. The van der Waals surface area contributed by atoms with Crippen LogP contribution >= 0.6 is 0 Å². The Kier molecular flexibility index (Phi) is 5.36. The summed E-state index contributed by atoms with van der Waals surface area (Å²) in [5.41, 5.74) is 0.910. The molecule has 0 saturated heterocycles. The van der Waals surface area contributed by atoms with Gasteiger partial charge in [0.2, 0.25) is 0 Å². The zero-order chi connectivity index (χ0) is 13.5. The van der Waals surface area contributed by atoms with Gasteiger partial charge in [0.1, 0.15) is 11.5 Å². The van der Waals surface area contributed by atoms with Crippen molar-refractivity contribution in [3.63, 3.8) is 0 Å². The number of rotatable bonds is 5. The number of aryl methyl sites for hydroxylation is 1. The van der Waals surface area contributed by atoms with Crippen LogP contribution in [-0.4, -0.2) is 11.9 Å². The normalized spacial score (nSPS) is 9.94. The molecule has 1 aromatic carbocycles. The lowest BCUT2D eigenvalue weighted by Gasteiger charge is -2.10. The maximum absolute atomic E-state index is 11.3. The van der Waals surface area contributed by atoms with Gasteiger partial charge >= 0.3 is 11.9 Å². The molecule has 0 unspecified atom stereocenters. The van der Waals surface area contributed by atoms with E-state index in [-0.39, 0.29) is 11.9 Å². The third-order valence-corrected chi connectivity index (χ3v) is 2.45. The Morgan fingerprint density at radius 1 is 1.00 bits per heavy atom. The Hall–Kier alpha value is -1.84. The molecule has 0 bridgehead atoms. The van der Waals surface area contributed by atoms with Crippen molar-refractivity contribution in [2.45, 2.75) is 40.0 Å². The molecular weight excluding hydrogens is 232 g/mol. The number of carbonyl (C=O) groups is 2. The fourth-order valence-corrected chi connectivity index (χ4v) is 1.38. The van der Waals surface area contributed by atoms with E-state index in [4.69, 9.17) is 9.47 Å². The van der Waals surface area contributed by atoms with Crippen molar-refractivity contribution in [3.8, 4) is 11.5 Å². The average molecular weight is 250 g/mol. The first-order valence-electron chi connectivity index (χ1n) is 6.14. The minimum absolute atomic E-state index is 0.302. The van der Waals surface area contributed by atoms with E-state index in [0.717, 1.165) is 12.0 Å². The quantitative estimate of drug-likeness (QED) is 0.595. The van der Waals surface area contributed by atoms with Crippen molar-refractivity contribution in [1.82, 2.24) is 0 Å². The highest BCUT2D eigenvalue weighted by Gasteiger charge is 2.10. The van der Waals surface area contributed by atoms with Gasteiger partial charge in [-0.25, -0.2) is 0 Å². The standard InChI is InChI=1S/C14H18O4/c1-4-10-7-8-11(17-13(15)5-2)9-12(10)18-14(16)6-3/h7-9H,4-6H2,1-3H3. The molecule has 1 rings (SSSR count). The van der Waals surface area contributed by atoms with Crippen LogP contribution in [0.15, 0.2) is 18.2 Å². The van der Waals surface area contributed by atoms with Gasteiger partial charge in [0.25, 0.3) is 0 Å². The lowest BCUT2D eigenvalue weighted by Crippen LogP contribution is -2.09. The molecule has 0 N–H and O–H groups in total. The summed E-state index contributed by atoms with van der Waals surface area (Å²) in [6, 6.07) is 5.09. The molecule has 0 saturated carbocycles. The van der Waals surface area contributed by atoms with E-state index in [9.17, 15) is 9.59 Å². The number of ether oxygens (including phenoxy) is 2. The highest BCUT2D eigenvalue weighted by atomic mass is 16.5. The zero-order valence-electron chi connectivity index (χ0n) is 11.0. The Morgan fingerprint density at radius 3 is 2.17 bits per heavy atom. The Bertz CT molecular complexity index is 437. The monoisotopic (exact) mass is 250 g/mol. The lowest BCUT2D eigenvalue weighted by atomic mass is 10.1. The Labute approximate surface area is 107 Å². The van der Waals surface area contributed by atoms with Crippen LogP contribution in [0.3, 0.4) is 0 Å². The second-order valence-corrected chi connectivity index (χ2v) is 3.78. The summed E-state index contributed by atoms with van der Waals surface area (Å²) < 4.78 is 10.3. The SMILES string of the molecule is CCC(=O)Oc1ccc(CC)c(OC(=O)CC)c1. The van der Waals surface area contributed by atoms with E-state index in [1.807, 2.05) is 6.92 Å². The summed E-state index contributed by atoms with van der Waals surface area (Å²) >= 11 is 0. The number of hydrogen-bond acceptors (Lipinski definition) is 4. The van der Waals surface area contributed by atoms with Crippen LogP contribution < -0.4 is 9.47 Å². The van der Waals surface area contributed by atoms with Gasteiger partial charge in [0, 0.05) is 18.9 Å². The predicted molar refractivity (Wildman–Crippen MR) is 67.7 cm³/mol. The highest BCUT2D eigenvalue weighted by Crippen LogP contribution is 2.26. The van der Waals surface area contributed by atoms with Gasteiger partial charge in [-0.05, 0) is 18.1 Å². The van der Waals surface area contributed by atoms with Crippen LogP contribution in [0, 0.1) is 0 Å². The van der Waals surface area contributed by atoms with Gasteiger partial charge in [-0.3, -0.25) is 9.59 Å². The molecule has 4 heteroatoms. The van der Waals surface area contributed by atoms with Crippen LogP contribution in [0.2, 0.25) is 0 Å². The number of esters is 2. The third-order valence-electron chi connectivity index (χ3n) is 2.45. The predicted octanol–water partition coefficient (Wildman–Crippen LogP) is 2.88. The van der Waals surface area contributed by atoms with E-state index in [2.05, 4.69) is 0 Å². The van der Waals surface area contributed by atoms with E-state index >= 15 is 0 Å². The van der Waals surface area contributed by atoms with E-state index < -0.39 is 0 Å². The van der Waals surface area contributed by atoms with Gasteiger partial charge in [-0.1, -0.05) is 26.8 Å². The second kappa shape index (κ2) is 6.79. The summed E-state index contributed by atoms with van der Waals surface area (Å²) in [7, 11) is 0. The van der Waals surface area contributed by atoms with Crippen molar-refractivity contribution in [2.75, 3.05) is 0 Å². The zero-order valence-corrected chi connectivity index (χ0v) is 11.0. The molecule has 0 aliphatic carbocycles. The number of benzene rings is 1. The summed E-state index contributed by atoms with van der Waals surface area (Å²) in [5.74, 6) is 0.249. The van der Waals surface area contributed by atoms with Crippen molar-refractivity contribution in [1.29, 1.82) is 0 Å². The van der Waals surface area contributed by atoms with Crippen LogP contribution in [0.25, 0.3) is 0 Å². The molecule has 4 nitrogen and oxygen atoms in total. The Balaban J connectivity index is 2.94. The highest BCUT2D eigenvalue weighted by molar-refractivity contribution is 5.74. The van der Waals surface area contributed by atoms with Crippen molar-refractivity contribution in [2.24, 2.45) is 0 Å². The van der Waals surface area contributed by atoms with Gasteiger partial charge in [0.15, 0.2) is 0 Å². The lowest BCUT2D eigenvalue weighted by molar-refractivity contribution is -0.134. The minimum atomic E-state index is -0.313. The smallest absolute Gasteiger partial charge is 0.310 e. The number of carbonyl (C=O) groups excluding carboxylic acids is 2. The summed E-state index contributed by atoms with van der Waals surface area (Å²) in [4.78, 5) is 22.5. The molecule has 0 amide bonds. The van der Waals surface area contributed by atoms with Gasteiger partial charge < -0.3 is 9.47 Å². The van der Waals surface area contributed by atoms with Crippen LogP contribution in [0.1, 0.15) is 39.2 Å². The minimum Gasteiger partial charge on any atom is -0.426 e. The van der Waals surface area contributed by atoms with E-state index in [1.54, 1.807) is 32.0 Å². The first-order chi connectivity index (χ1) is 8.60. The first-order valence-corrected chi connectivity index (χ1v) is 6.14. The van der Waals surface area contributed by atoms with Crippen molar-refractivity contribution in [3.05, 3.63) is 23.8 Å². The topological polar surface area (TPSA) is 52.6 Å². The summed E-state index contributed by atoms with van der Waals surface area (Å²) in [6.07, 6.45) is 1.36. The molecule has 0 aromatic heterocycles. The van der Waals surface area contributed by atoms with E-state index in [1.165, 1.54) is 0 Å². The number of hydrogen-bond donors (Lipinski definition) is 0.